The monoisotopic (exact) mass is 856 g/mol. The number of aliphatic hydroxyl groups is 9. The smallest absolute Gasteiger partial charge is 0.332 e. The molecule has 0 aliphatic carbocycles. The Labute approximate surface area is 344 Å². The van der Waals surface area contributed by atoms with Gasteiger partial charge >= 0.3 is 5.97 Å². The summed E-state index contributed by atoms with van der Waals surface area (Å²) in [6.45, 7) is 3.63. The molecule has 0 aromatic heterocycles. The summed E-state index contributed by atoms with van der Waals surface area (Å²) in [5.74, 6) is -4.17. The highest BCUT2D eigenvalue weighted by atomic mass is 16.9. The fourth-order valence-corrected chi connectivity index (χ4v) is 7.52. The maximum atomic E-state index is 12.3. The standard InChI is InChI=1S/C38H68N2O19/c1-5-6-7-8-9-10-11-12-13-23(39-21(3)44)17-53-36-28(40-22(4)45)31(50)35(26(16-42)56-36)58-37-33(52)32(51)30(49)27(57-37)18-54-38(55-19-43)14-24(46)20(2)34(59-38)29(48)25(47)15-41/h19-20,23-37,41-42,46-52H,5-18H2,1-4H3,(H,39,44)(H,40,45)/t20-,23?,24-,25-,26?,27?,28?,29-,30+,31-,32+,33?,34?,35-,36-,37+,38+/m1/s1. The van der Waals surface area contributed by atoms with E-state index in [-0.39, 0.29) is 19.0 Å². The van der Waals surface area contributed by atoms with Crippen LogP contribution in [-0.2, 0) is 47.5 Å². The average molecular weight is 857 g/mol. The number of carbonyl (C=O) groups is 3. The van der Waals surface area contributed by atoms with Gasteiger partial charge in [-0.2, -0.15) is 0 Å². The minimum Gasteiger partial charge on any atom is -0.410 e. The van der Waals surface area contributed by atoms with Crippen molar-refractivity contribution in [3.8, 4) is 0 Å². The maximum absolute atomic E-state index is 12.3. The molecule has 3 fully saturated rings. The first-order valence-electron chi connectivity index (χ1n) is 20.6. The van der Waals surface area contributed by atoms with E-state index in [1.54, 1.807) is 0 Å². The first-order valence-corrected chi connectivity index (χ1v) is 20.6. The highest BCUT2D eigenvalue weighted by Crippen LogP contribution is 2.38. The number of aliphatic hydroxyl groups excluding tert-OH is 9. The molecule has 0 radical (unpaired) electrons. The van der Waals surface area contributed by atoms with Crippen molar-refractivity contribution >= 4 is 18.3 Å². The highest BCUT2D eigenvalue weighted by Gasteiger charge is 2.54. The van der Waals surface area contributed by atoms with E-state index in [1.165, 1.54) is 46.5 Å². The second-order valence-corrected chi connectivity index (χ2v) is 15.7. The fraction of sp³-hybridized carbons (Fsp3) is 0.921. The van der Waals surface area contributed by atoms with E-state index in [2.05, 4.69) is 17.6 Å². The van der Waals surface area contributed by atoms with Gasteiger partial charge in [-0.3, -0.25) is 14.4 Å². The number of amides is 2. The third kappa shape index (κ3) is 14.7. The summed E-state index contributed by atoms with van der Waals surface area (Å²) in [6.07, 6.45) is -12.8. The second-order valence-electron chi connectivity index (χ2n) is 15.7. The molecule has 3 rings (SSSR count). The lowest BCUT2D eigenvalue weighted by Gasteiger charge is -2.48. The molecule has 21 heteroatoms. The van der Waals surface area contributed by atoms with Gasteiger partial charge < -0.3 is 89.8 Å². The molecular weight excluding hydrogens is 788 g/mol. The van der Waals surface area contributed by atoms with Crippen LogP contribution in [0.3, 0.4) is 0 Å². The van der Waals surface area contributed by atoms with Crippen LogP contribution in [0.2, 0.25) is 0 Å². The summed E-state index contributed by atoms with van der Waals surface area (Å²) >= 11 is 0. The van der Waals surface area contributed by atoms with Crippen LogP contribution in [-0.4, -0.2) is 188 Å². The molecule has 3 heterocycles. The Morgan fingerprint density at radius 1 is 0.864 bits per heavy atom. The minimum absolute atomic E-state index is 0.0693. The predicted octanol–water partition coefficient (Wildman–Crippen LogP) is -2.84. The number of hydrogen-bond acceptors (Lipinski definition) is 19. The van der Waals surface area contributed by atoms with Crippen molar-refractivity contribution in [3.05, 3.63) is 0 Å². The zero-order valence-electron chi connectivity index (χ0n) is 34.3. The minimum atomic E-state index is -2.43. The van der Waals surface area contributed by atoms with E-state index >= 15 is 0 Å². The molecule has 0 aromatic rings. The van der Waals surface area contributed by atoms with Gasteiger partial charge in [-0.15, -0.1) is 0 Å². The van der Waals surface area contributed by atoms with E-state index in [9.17, 15) is 60.3 Å². The Balaban J connectivity index is 1.72. The van der Waals surface area contributed by atoms with Crippen molar-refractivity contribution in [2.75, 3.05) is 26.4 Å². The van der Waals surface area contributed by atoms with Crippen molar-refractivity contribution in [2.45, 2.75) is 190 Å². The van der Waals surface area contributed by atoms with Crippen LogP contribution in [0, 0.1) is 5.92 Å². The largest absolute Gasteiger partial charge is 0.410 e. The Hall–Kier alpha value is -2.19. The topological polar surface area (TPSA) is 322 Å². The van der Waals surface area contributed by atoms with E-state index < -0.39 is 136 Å². The van der Waals surface area contributed by atoms with Crippen molar-refractivity contribution in [2.24, 2.45) is 5.92 Å². The summed E-state index contributed by atoms with van der Waals surface area (Å²) < 4.78 is 40.1. The molecule has 0 spiro atoms. The molecule has 3 aliphatic heterocycles. The molecule has 21 nitrogen and oxygen atoms in total. The van der Waals surface area contributed by atoms with Crippen LogP contribution in [0.25, 0.3) is 0 Å². The average Bonchev–Trinajstić information content (AvgIpc) is 3.19. The van der Waals surface area contributed by atoms with Crippen molar-refractivity contribution < 1.29 is 93.5 Å². The lowest BCUT2D eigenvalue weighted by atomic mass is 9.87. The van der Waals surface area contributed by atoms with Crippen LogP contribution in [0.15, 0.2) is 0 Å². The highest BCUT2D eigenvalue weighted by molar-refractivity contribution is 5.73. The molecule has 3 saturated heterocycles. The molecule has 344 valence electrons. The van der Waals surface area contributed by atoms with E-state index in [0.717, 1.165) is 25.7 Å². The summed E-state index contributed by atoms with van der Waals surface area (Å²) in [7, 11) is 0. The van der Waals surface area contributed by atoms with Crippen LogP contribution >= 0.6 is 0 Å². The third-order valence-electron chi connectivity index (χ3n) is 11.0. The number of nitrogens with one attached hydrogen (secondary N) is 2. The summed E-state index contributed by atoms with van der Waals surface area (Å²) in [5, 5.41) is 101. The van der Waals surface area contributed by atoms with Gasteiger partial charge in [0.15, 0.2) is 12.6 Å². The molecule has 0 aromatic carbocycles. The predicted molar refractivity (Wildman–Crippen MR) is 201 cm³/mol. The summed E-state index contributed by atoms with van der Waals surface area (Å²) in [4.78, 5) is 35.8. The van der Waals surface area contributed by atoms with Crippen molar-refractivity contribution in [1.82, 2.24) is 10.6 Å². The first kappa shape index (κ1) is 51.2. The van der Waals surface area contributed by atoms with Gasteiger partial charge in [0.2, 0.25) is 11.8 Å². The van der Waals surface area contributed by atoms with Gasteiger partial charge in [-0.1, -0.05) is 65.2 Å². The first-order chi connectivity index (χ1) is 28.0. The quantitative estimate of drug-likeness (QED) is 0.0250. The zero-order valence-corrected chi connectivity index (χ0v) is 34.3. The molecule has 2 amide bonds. The lowest BCUT2D eigenvalue weighted by Crippen LogP contribution is -2.68. The number of ether oxygens (including phenoxy) is 7. The number of hydrogen-bond donors (Lipinski definition) is 11. The second kappa shape index (κ2) is 25.1. The van der Waals surface area contributed by atoms with E-state index in [4.69, 9.17) is 33.2 Å². The van der Waals surface area contributed by atoms with Gasteiger partial charge in [0.05, 0.1) is 51.1 Å². The zero-order chi connectivity index (χ0) is 43.9. The van der Waals surface area contributed by atoms with Crippen LogP contribution in [0.1, 0.15) is 91.9 Å². The molecule has 17 atom stereocenters. The maximum Gasteiger partial charge on any atom is 0.332 e. The molecule has 0 saturated carbocycles. The summed E-state index contributed by atoms with van der Waals surface area (Å²) in [6, 6.07) is -1.75. The van der Waals surface area contributed by atoms with Crippen LogP contribution in [0.5, 0.6) is 0 Å². The Morgan fingerprint density at radius 3 is 2.10 bits per heavy atom. The normalized spacial score (nSPS) is 36.6. The third-order valence-corrected chi connectivity index (χ3v) is 11.0. The molecule has 0 bridgehead atoms. The van der Waals surface area contributed by atoms with Gasteiger partial charge in [0.25, 0.3) is 6.47 Å². The van der Waals surface area contributed by atoms with E-state index in [1.807, 2.05) is 0 Å². The molecule has 6 unspecified atom stereocenters. The van der Waals surface area contributed by atoms with Crippen LogP contribution < -0.4 is 10.6 Å². The lowest BCUT2D eigenvalue weighted by molar-refractivity contribution is -0.423. The van der Waals surface area contributed by atoms with Gasteiger partial charge in [0.1, 0.15) is 61.0 Å². The molecular formula is C38H68N2O19. The SMILES string of the molecule is CCCCCCCCCCC(CO[C@@H]1OC(CO)[C@@H](O[C@@H]2OC(CO[C@]3(OC=O)C[C@@H](O)[C@@H](C)C([C@H](O)[C@H](O)CO)O3)[C@H](O)[C@H](O)C2O)[C@H](O)C1NC(C)=O)NC(C)=O. The Morgan fingerprint density at radius 2 is 1.51 bits per heavy atom. The molecule has 11 N–H and O–H groups in total. The Kier molecular flexibility index (Phi) is 21.7. The van der Waals surface area contributed by atoms with Gasteiger partial charge in [-0.05, 0) is 6.42 Å². The van der Waals surface area contributed by atoms with Gasteiger partial charge in [-0.25, -0.2) is 0 Å². The van der Waals surface area contributed by atoms with Crippen molar-refractivity contribution in [1.29, 1.82) is 0 Å². The van der Waals surface area contributed by atoms with Crippen LogP contribution in [0.4, 0.5) is 0 Å². The van der Waals surface area contributed by atoms with Crippen molar-refractivity contribution in [3.63, 3.8) is 0 Å². The Bertz CT molecular complexity index is 1260. The number of unbranched alkanes of at least 4 members (excludes halogenated alkanes) is 7. The molecule has 59 heavy (non-hydrogen) atoms. The van der Waals surface area contributed by atoms with E-state index in [0.29, 0.717) is 6.42 Å². The number of rotatable bonds is 25. The number of carbonyl (C=O) groups excluding carboxylic acids is 3. The summed E-state index contributed by atoms with van der Waals surface area (Å²) in [5.41, 5.74) is 0. The van der Waals surface area contributed by atoms with Gasteiger partial charge in [0, 0.05) is 19.8 Å². The molecule has 3 aliphatic rings. The fourth-order valence-electron chi connectivity index (χ4n) is 7.52.